The third-order valence-corrected chi connectivity index (χ3v) is 4.83. The zero-order valence-corrected chi connectivity index (χ0v) is 14.9. The summed E-state index contributed by atoms with van der Waals surface area (Å²) in [6.07, 6.45) is 0. The Hall–Kier alpha value is -2.42. The number of carboxylic acid groups (broad SMARTS) is 1. The molecule has 2 amide bonds. The molecule has 2 rings (SSSR count). The molecule has 2 aromatic heterocycles. The molecule has 0 aromatic carbocycles. The lowest BCUT2D eigenvalue weighted by molar-refractivity contribution is -0.146. The van der Waals surface area contributed by atoms with Gasteiger partial charge < -0.3 is 15.7 Å². The van der Waals surface area contributed by atoms with Crippen molar-refractivity contribution >= 4 is 39.3 Å². The van der Waals surface area contributed by atoms with Gasteiger partial charge >= 0.3 is 5.97 Å². The molecule has 1 unspecified atom stereocenters. The van der Waals surface area contributed by atoms with E-state index in [1.165, 1.54) is 32.1 Å². The number of thiophene rings is 1. The van der Waals surface area contributed by atoms with Gasteiger partial charge in [-0.1, -0.05) is 0 Å². The van der Waals surface area contributed by atoms with E-state index in [0.29, 0.717) is 4.88 Å². The van der Waals surface area contributed by atoms with Crippen molar-refractivity contribution in [1.29, 1.82) is 0 Å². The van der Waals surface area contributed by atoms with Crippen LogP contribution < -0.4 is 10.6 Å². The molecule has 1 atom stereocenters. The fourth-order valence-corrected chi connectivity index (χ4v) is 3.15. The second-order valence-corrected chi connectivity index (χ2v) is 7.18. The molecule has 0 aliphatic rings. The highest BCUT2D eigenvalue weighted by molar-refractivity contribution is 7.20. The zero-order valence-electron chi connectivity index (χ0n) is 14.1. The van der Waals surface area contributed by atoms with Crippen LogP contribution in [0.25, 0.3) is 10.2 Å². The second-order valence-electron chi connectivity index (χ2n) is 6.15. The van der Waals surface area contributed by atoms with Crippen LogP contribution in [0.2, 0.25) is 0 Å². The summed E-state index contributed by atoms with van der Waals surface area (Å²) in [6.45, 7) is 6.12. The standard InChI is InChI=1S/C15H20N4O4S/c1-7-9-6-10(24-13(9)19(5)18-7)12(21)16-8(2)11(20)17-15(3,4)14(22)23/h6,8H,1-5H3,(H,16,21)(H,17,20)(H,22,23). The molecule has 130 valence electrons. The lowest BCUT2D eigenvalue weighted by Gasteiger charge is -2.23. The van der Waals surface area contributed by atoms with Crippen LogP contribution in [0.5, 0.6) is 0 Å². The van der Waals surface area contributed by atoms with Crippen molar-refractivity contribution in [2.45, 2.75) is 39.3 Å². The lowest BCUT2D eigenvalue weighted by Crippen LogP contribution is -2.55. The number of aliphatic carboxylic acids is 1. The topological polar surface area (TPSA) is 113 Å². The van der Waals surface area contributed by atoms with E-state index < -0.39 is 23.5 Å². The van der Waals surface area contributed by atoms with Crippen LogP contribution in [0.1, 0.15) is 36.1 Å². The molecule has 24 heavy (non-hydrogen) atoms. The van der Waals surface area contributed by atoms with E-state index in [1.807, 2.05) is 6.92 Å². The Morgan fingerprint density at radius 2 is 2.00 bits per heavy atom. The fraction of sp³-hybridized carbons (Fsp3) is 0.467. The largest absolute Gasteiger partial charge is 0.480 e. The molecule has 3 N–H and O–H groups in total. The minimum Gasteiger partial charge on any atom is -0.480 e. The number of nitrogens with one attached hydrogen (secondary N) is 2. The summed E-state index contributed by atoms with van der Waals surface area (Å²) in [4.78, 5) is 36.8. The molecule has 2 aromatic rings. The third kappa shape index (κ3) is 3.40. The average Bonchev–Trinajstić information content (AvgIpc) is 3.00. The van der Waals surface area contributed by atoms with Gasteiger partial charge in [-0.05, 0) is 33.8 Å². The molecule has 0 fully saturated rings. The number of carbonyl (C=O) groups is 3. The first-order chi connectivity index (χ1) is 11.0. The van der Waals surface area contributed by atoms with Gasteiger partial charge in [0.25, 0.3) is 5.91 Å². The molecule has 0 radical (unpaired) electrons. The van der Waals surface area contributed by atoms with Crippen molar-refractivity contribution in [3.63, 3.8) is 0 Å². The molecule has 0 aliphatic heterocycles. The molecule has 0 spiro atoms. The molecule has 0 aliphatic carbocycles. The molecule has 2 heterocycles. The summed E-state index contributed by atoms with van der Waals surface area (Å²) >= 11 is 1.29. The number of carbonyl (C=O) groups excluding carboxylic acids is 2. The van der Waals surface area contributed by atoms with E-state index in [1.54, 1.807) is 17.8 Å². The van der Waals surface area contributed by atoms with Crippen LogP contribution in [-0.2, 0) is 16.6 Å². The van der Waals surface area contributed by atoms with Gasteiger partial charge in [-0.2, -0.15) is 5.10 Å². The SMILES string of the molecule is Cc1nn(C)c2sc(C(=O)NC(C)C(=O)NC(C)(C)C(=O)O)cc12. The van der Waals surface area contributed by atoms with E-state index >= 15 is 0 Å². The number of amides is 2. The Labute approximate surface area is 142 Å². The van der Waals surface area contributed by atoms with Crippen LogP contribution in [0.3, 0.4) is 0 Å². The summed E-state index contributed by atoms with van der Waals surface area (Å²) in [5.74, 6) is -2.09. The maximum absolute atomic E-state index is 12.3. The minimum atomic E-state index is -1.41. The molecule has 0 saturated carbocycles. The van der Waals surface area contributed by atoms with Crippen molar-refractivity contribution in [2.75, 3.05) is 0 Å². The Balaban J connectivity index is 2.08. The average molecular weight is 352 g/mol. The molecule has 0 bridgehead atoms. The predicted octanol–water partition coefficient (Wildman–Crippen LogP) is 1.04. The summed E-state index contributed by atoms with van der Waals surface area (Å²) < 4.78 is 1.71. The molecule has 0 saturated heterocycles. The van der Waals surface area contributed by atoms with E-state index in [-0.39, 0.29) is 5.91 Å². The van der Waals surface area contributed by atoms with Gasteiger partial charge in [0.1, 0.15) is 16.4 Å². The van der Waals surface area contributed by atoms with Crippen LogP contribution in [0.15, 0.2) is 6.07 Å². The monoisotopic (exact) mass is 352 g/mol. The first-order valence-corrected chi connectivity index (χ1v) is 8.14. The van der Waals surface area contributed by atoms with Gasteiger partial charge in [0, 0.05) is 12.4 Å². The molecule has 9 heteroatoms. The lowest BCUT2D eigenvalue weighted by atomic mass is 10.1. The van der Waals surface area contributed by atoms with Crippen LogP contribution >= 0.6 is 11.3 Å². The fourth-order valence-electron chi connectivity index (χ4n) is 2.12. The van der Waals surface area contributed by atoms with Crippen molar-refractivity contribution in [1.82, 2.24) is 20.4 Å². The van der Waals surface area contributed by atoms with Crippen LogP contribution in [0, 0.1) is 6.92 Å². The Bertz CT molecular complexity index is 786. The minimum absolute atomic E-state index is 0.383. The summed E-state index contributed by atoms with van der Waals surface area (Å²) in [6, 6.07) is 0.879. The van der Waals surface area contributed by atoms with E-state index in [9.17, 15) is 14.4 Å². The van der Waals surface area contributed by atoms with Crippen molar-refractivity contribution in [3.8, 4) is 0 Å². The maximum atomic E-state index is 12.3. The molecular weight excluding hydrogens is 332 g/mol. The van der Waals surface area contributed by atoms with Gasteiger partial charge in [-0.15, -0.1) is 11.3 Å². The summed E-state index contributed by atoms with van der Waals surface area (Å²) in [7, 11) is 1.80. The van der Waals surface area contributed by atoms with Crippen LogP contribution in [0.4, 0.5) is 0 Å². The third-order valence-electron chi connectivity index (χ3n) is 3.63. The highest BCUT2D eigenvalue weighted by Gasteiger charge is 2.31. The first-order valence-electron chi connectivity index (χ1n) is 7.32. The van der Waals surface area contributed by atoms with Crippen LogP contribution in [-0.4, -0.2) is 44.3 Å². The summed E-state index contributed by atoms with van der Waals surface area (Å²) in [5.41, 5.74) is -0.576. The van der Waals surface area contributed by atoms with Gasteiger partial charge in [0.05, 0.1) is 10.6 Å². The number of rotatable bonds is 5. The maximum Gasteiger partial charge on any atom is 0.328 e. The number of hydrogen-bond donors (Lipinski definition) is 3. The highest BCUT2D eigenvalue weighted by Crippen LogP contribution is 2.27. The number of aromatic nitrogens is 2. The normalized spacial score (nSPS) is 12.9. The van der Waals surface area contributed by atoms with E-state index in [4.69, 9.17) is 5.11 Å². The number of aryl methyl sites for hydroxylation is 2. The quantitative estimate of drug-likeness (QED) is 0.744. The van der Waals surface area contributed by atoms with E-state index in [0.717, 1.165) is 15.9 Å². The Morgan fingerprint density at radius 1 is 1.38 bits per heavy atom. The molecular formula is C15H20N4O4S. The smallest absolute Gasteiger partial charge is 0.328 e. The Kier molecular flexibility index (Phi) is 4.66. The van der Waals surface area contributed by atoms with Gasteiger partial charge in [-0.3, -0.25) is 14.3 Å². The van der Waals surface area contributed by atoms with E-state index in [2.05, 4.69) is 15.7 Å². The van der Waals surface area contributed by atoms with Crippen molar-refractivity contribution < 1.29 is 19.5 Å². The second kappa shape index (κ2) is 6.23. The van der Waals surface area contributed by atoms with Gasteiger partial charge in [-0.25, -0.2) is 4.79 Å². The number of hydrogen-bond acceptors (Lipinski definition) is 5. The van der Waals surface area contributed by atoms with Gasteiger partial charge in [0.15, 0.2) is 0 Å². The molecule has 8 nitrogen and oxygen atoms in total. The van der Waals surface area contributed by atoms with Gasteiger partial charge in [0.2, 0.25) is 5.91 Å². The Morgan fingerprint density at radius 3 is 2.54 bits per heavy atom. The summed E-state index contributed by atoms with van der Waals surface area (Å²) in [5, 5.41) is 19.2. The number of carboxylic acids is 1. The highest BCUT2D eigenvalue weighted by atomic mass is 32.1. The number of fused-ring (bicyclic) bond motifs is 1. The first kappa shape index (κ1) is 17.9. The van der Waals surface area contributed by atoms with Crippen molar-refractivity contribution in [2.24, 2.45) is 7.05 Å². The van der Waals surface area contributed by atoms with Crippen molar-refractivity contribution in [3.05, 3.63) is 16.6 Å². The number of nitrogens with zero attached hydrogens (tertiary/aromatic N) is 2. The predicted molar refractivity (Wildman–Crippen MR) is 90.1 cm³/mol. The zero-order chi connectivity index (χ0) is 18.2.